The van der Waals surface area contributed by atoms with E-state index in [1.807, 2.05) is 0 Å². The zero-order valence-corrected chi connectivity index (χ0v) is 6.77. The summed E-state index contributed by atoms with van der Waals surface area (Å²) in [5.41, 5.74) is 0. The van der Waals surface area contributed by atoms with E-state index in [0.29, 0.717) is 0 Å². The van der Waals surface area contributed by atoms with Gasteiger partial charge in [0.2, 0.25) is 0 Å². The fourth-order valence-corrected chi connectivity index (χ4v) is 0. The zero-order chi connectivity index (χ0) is 2.71. The average Bonchev–Trinajstić information content (AvgIpc) is 0.918. The van der Waals surface area contributed by atoms with Gasteiger partial charge in [-0.05, 0) is 0 Å². The van der Waals surface area contributed by atoms with Gasteiger partial charge >= 0.3 is 58.4 Å². The van der Waals surface area contributed by atoms with Gasteiger partial charge in [0, 0.05) is 0 Å². The van der Waals surface area contributed by atoms with E-state index in [9.17, 15) is 0 Å². The standard InChI is InChI=1S/Na.2O.Zr.H/q+1;;;;-1. The molecule has 0 aliphatic heterocycles. The minimum atomic E-state index is -2.27. The topological polar surface area (TPSA) is 34.1 Å². The first-order valence-corrected chi connectivity index (χ1v) is 2.42. The number of hydrogen-bond donors (Lipinski definition) is 0. The molecule has 0 radical (unpaired) electrons. The van der Waals surface area contributed by atoms with Crippen molar-refractivity contribution in [1.82, 2.24) is 0 Å². The van der Waals surface area contributed by atoms with Gasteiger partial charge in [0.1, 0.15) is 0 Å². The van der Waals surface area contributed by atoms with Crippen LogP contribution in [0.4, 0.5) is 0 Å². The molecule has 0 unspecified atom stereocenters. The maximum absolute atomic E-state index is 8.54. The quantitative estimate of drug-likeness (QED) is 0.340. The molecule has 0 spiro atoms. The molecule has 0 aliphatic carbocycles. The van der Waals surface area contributed by atoms with Crippen LogP contribution in [-0.2, 0) is 28.9 Å². The molecule has 0 aromatic heterocycles. The van der Waals surface area contributed by atoms with Crippen molar-refractivity contribution in [2.75, 3.05) is 0 Å². The van der Waals surface area contributed by atoms with Crippen molar-refractivity contribution in [3.63, 3.8) is 0 Å². The summed E-state index contributed by atoms with van der Waals surface area (Å²) in [5.74, 6) is 0. The van der Waals surface area contributed by atoms with Crippen LogP contribution < -0.4 is 29.6 Å². The molecule has 4 heteroatoms. The summed E-state index contributed by atoms with van der Waals surface area (Å²) in [6.07, 6.45) is 0. The van der Waals surface area contributed by atoms with E-state index in [1.54, 1.807) is 0 Å². The van der Waals surface area contributed by atoms with Crippen LogP contribution in [0.15, 0.2) is 0 Å². The van der Waals surface area contributed by atoms with E-state index >= 15 is 0 Å². The third-order valence-electron chi connectivity index (χ3n) is 0. The van der Waals surface area contributed by atoms with Gasteiger partial charge in [0.15, 0.2) is 0 Å². The summed E-state index contributed by atoms with van der Waals surface area (Å²) in [6.45, 7) is 0. The Labute approximate surface area is 59.2 Å². The van der Waals surface area contributed by atoms with Crippen molar-refractivity contribution in [2.45, 2.75) is 0 Å². The van der Waals surface area contributed by atoms with Crippen molar-refractivity contribution in [3.8, 4) is 0 Å². The molecule has 2 nitrogen and oxygen atoms in total. The van der Waals surface area contributed by atoms with Gasteiger partial charge in [-0.2, -0.15) is 0 Å². The molecule has 4 heavy (non-hydrogen) atoms. The van der Waals surface area contributed by atoms with Crippen LogP contribution in [0.2, 0.25) is 0 Å². The Balaban J connectivity index is -0.0000000200. The summed E-state index contributed by atoms with van der Waals surface area (Å²) in [7, 11) is 0. The molecule has 0 heterocycles. The van der Waals surface area contributed by atoms with Gasteiger partial charge in [0.05, 0.1) is 0 Å². The van der Waals surface area contributed by atoms with Gasteiger partial charge in [-0.3, -0.25) is 0 Å². The molecule has 0 rings (SSSR count). The van der Waals surface area contributed by atoms with Crippen molar-refractivity contribution in [3.05, 3.63) is 0 Å². The van der Waals surface area contributed by atoms with Crippen LogP contribution in [0.5, 0.6) is 0 Å². The Morgan fingerprint density at radius 3 is 1.50 bits per heavy atom. The van der Waals surface area contributed by atoms with E-state index in [2.05, 4.69) is 0 Å². The zero-order valence-electron chi connectivity index (χ0n) is 3.32. The first-order chi connectivity index (χ1) is 1.41. The summed E-state index contributed by atoms with van der Waals surface area (Å²) in [5, 5.41) is 0. The van der Waals surface area contributed by atoms with Crippen LogP contribution >= 0.6 is 0 Å². The Hall–Kier alpha value is 1.48. The SMILES string of the molecule is [H-].[Na+].[O]=[Zr]=[O]. The molecule has 0 saturated heterocycles. The third-order valence-corrected chi connectivity index (χ3v) is 0. The molecule has 0 bridgehead atoms. The Bertz CT molecular complexity index is 30.6. The van der Waals surface area contributed by atoms with Crippen molar-refractivity contribution in [2.24, 2.45) is 0 Å². The summed E-state index contributed by atoms with van der Waals surface area (Å²) < 4.78 is 17.1. The fourth-order valence-electron chi connectivity index (χ4n) is 0. The first kappa shape index (κ1) is 9.08. The van der Waals surface area contributed by atoms with Crippen LogP contribution in [-0.4, -0.2) is 0 Å². The van der Waals surface area contributed by atoms with Gasteiger partial charge in [-0.1, -0.05) is 0 Å². The normalized spacial score (nSPS) is 2.00. The molecular weight excluding hydrogens is 146 g/mol. The van der Waals surface area contributed by atoms with E-state index in [0.717, 1.165) is 0 Å². The van der Waals surface area contributed by atoms with Crippen molar-refractivity contribution < 1.29 is 59.9 Å². The van der Waals surface area contributed by atoms with E-state index < -0.39 is 23.2 Å². The molecule has 0 fully saturated rings. The van der Waals surface area contributed by atoms with Gasteiger partial charge in [-0.25, -0.2) is 0 Å². The Morgan fingerprint density at radius 2 is 1.50 bits per heavy atom. The summed E-state index contributed by atoms with van der Waals surface area (Å²) in [6, 6.07) is 0. The maximum atomic E-state index is 8.54. The second-order valence-corrected chi connectivity index (χ2v) is 0.493. The van der Waals surface area contributed by atoms with Gasteiger partial charge in [-0.15, -0.1) is 0 Å². The van der Waals surface area contributed by atoms with Gasteiger partial charge in [0.25, 0.3) is 0 Å². The summed E-state index contributed by atoms with van der Waals surface area (Å²) in [4.78, 5) is 0. The first-order valence-electron chi connectivity index (χ1n) is 0.408. The van der Waals surface area contributed by atoms with Crippen molar-refractivity contribution >= 4 is 0 Å². The van der Waals surface area contributed by atoms with Gasteiger partial charge < -0.3 is 1.43 Å². The summed E-state index contributed by atoms with van der Waals surface area (Å²) >= 11 is -2.27. The molecule has 0 aliphatic rings. The van der Waals surface area contributed by atoms with Crippen LogP contribution in [0.25, 0.3) is 0 Å². The van der Waals surface area contributed by atoms with E-state index in [1.165, 1.54) is 0 Å². The molecule has 0 aromatic rings. The minimum absolute atomic E-state index is 0. The number of hydrogen-bond acceptors (Lipinski definition) is 2. The number of rotatable bonds is 0. The molecule has 18 valence electrons. The molecule has 0 N–H and O–H groups in total. The van der Waals surface area contributed by atoms with E-state index in [4.69, 9.17) is 5.63 Å². The monoisotopic (exact) mass is 146 g/mol. The Kier molecular flexibility index (Phi) is 20.0. The fraction of sp³-hybridized carbons (Fsp3) is 0. The van der Waals surface area contributed by atoms with Crippen LogP contribution in [0.1, 0.15) is 1.43 Å². The second-order valence-electron chi connectivity index (χ2n) is 0.0833. The average molecular weight is 147 g/mol. The molecule has 0 saturated carbocycles. The predicted molar refractivity (Wildman–Crippen MR) is 2.49 cm³/mol. The molecule has 0 amide bonds. The van der Waals surface area contributed by atoms with Crippen LogP contribution in [0.3, 0.4) is 0 Å². The molecular formula is HNaO2Zr. The third kappa shape index (κ3) is 9.76. The van der Waals surface area contributed by atoms with E-state index in [-0.39, 0.29) is 31.0 Å². The van der Waals surface area contributed by atoms with Crippen LogP contribution in [0, 0.1) is 0 Å². The second kappa shape index (κ2) is 8.82. The molecule has 0 aromatic carbocycles. The van der Waals surface area contributed by atoms with Crippen molar-refractivity contribution in [1.29, 1.82) is 0 Å². The molecule has 0 atom stereocenters. The Morgan fingerprint density at radius 1 is 1.50 bits per heavy atom. The predicted octanol–water partition coefficient (Wildman–Crippen LogP) is -3.12.